The molecule has 0 spiro atoms. The van der Waals surface area contributed by atoms with Crippen molar-refractivity contribution in [2.24, 2.45) is 23.2 Å². The predicted molar refractivity (Wildman–Crippen MR) is 202 cm³/mol. The highest BCUT2D eigenvalue weighted by molar-refractivity contribution is 6.37. The molecule has 5 amide bonds. The lowest BCUT2D eigenvalue weighted by Gasteiger charge is -2.33. The van der Waals surface area contributed by atoms with Crippen LogP contribution < -0.4 is 21.3 Å². The number of ketones is 1. The number of amides is 5. The molecule has 51 heavy (non-hydrogen) atoms. The zero-order chi connectivity index (χ0) is 39.7. The summed E-state index contributed by atoms with van der Waals surface area (Å²) >= 11 is 0. The molecule has 1 saturated heterocycles. The van der Waals surface area contributed by atoms with Gasteiger partial charge in [-0.15, -0.1) is 0 Å². The number of carbonyl (C=O) groups excluding carboxylic acids is 6. The van der Waals surface area contributed by atoms with Crippen LogP contribution in [0.15, 0.2) is 18.6 Å². The van der Waals surface area contributed by atoms with Crippen molar-refractivity contribution in [2.45, 2.75) is 140 Å². The van der Waals surface area contributed by atoms with E-state index in [0.717, 1.165) is 30.9 Å². The number of fused-ring (bicyclic) bond motifs is 1. The van der Waals surface area contributed by atoms with E-state index in [0.29, 0.717) is 19.4 Å². The minimum atomic E-state index is -0.820. The van der Waals surface area contributed by atoms with Crippen molar-refractivity contribution in [3.8, 4) is 0 Å². The van der Waals surface area contributed by atoms with Gasteiger partial charge in [-0.25, -0.2) is 0 Å². The van der Waals surface area contributed by atoms with Crippen LogP contribution in [0, 0.1) is 23.2 Å². The van der Waals surface area contributed by atoms with Gasteiger partial charge in [0.15, 0.2) is 0 Å². The van der Waals surface area contributed by atoms with E-state index in [-0.39, 0.29) is 24.4 Å². The summed E-state index contributed by atoms with van der Waals surface area (Å²) in [6, 6.07) is -1.72. The minimum absolute atomic E-state index is 0.0113. The molecular formula is C38H69N7O6. The first-order chi connectivity index (χ1) is 24.0. The smallest absolute Gasteiger partial charge is 0.289 e. The normalized spacial score (nSPS) is 17.9. The molecule has 1 aromatic rings. The van der Waals surface area contributed by atoms with E-state index in [9.17, 15) is 28.8 Å². The van der Waals surface area contributed by atoms with E-state index in [1.54, 1.807) is 46.3 Å². The summed E-state index contributed by atoms with van der Waals surface area (Å²) in [5, 5.41) is 10.1. The maximum Gasteiger partial charge on any atom is 0.289 e. The van der Waals surface area contributed by atoms with Gasteiger partial charge in [0.05, 0.1) is 18.8 Å². The molecule has 13 nitrogen and oxygen atoms in total. The number of hydrogen-bond acceptors (Lipinski definition) is 8. The quantitative estimate of drug-likeness (QED) is 0.183. The molecule has 2 heterocycles. The number of likely N-dealkylation sites (tertiary alicyclic amines) is 1. The van der Waals surface area contributed by atoms with Crippen molar-refractivity contribution in [3.63, 3.8) is 0 Å². The average Bonchev–Trinajstić information content (AvgIpc) is 3.34. The monoisotopic (exact) mass is 720 g/mol. The zero-order valence-corrected chi connectivity index (χ0v) is 33.7. The van der Waals surface area contributed by atoms with Crippen molar-refractivity contribution in [3.05, 3.63) is 24.3 Å². The van der Waals surface area contributed by atoms with Gasteiger partial charge < -0.3 is 26.2 Å². The Hall–Kier alpha value is -3.90. The second kappa shape index (κ2) is 26.8. The number of nitrogens with one attached hydrogen (secondary N) is 4. The van der Waals surface area contributed by atoms with Crippen LogP contribution in [0.1, 0.15) is 121 Å². The van der Waals surface area contributed by atoms with E-state index in [1.165, 1.54) is 11.3 Å². The van der Waals surface area contributed by atoms with E-state index < -0.39 is 53.5 Å². The van der Waals surface area contributed by atoms with Crippen LogP contribution in [0.2, 0.25) is 0 Å². The maximum atomic E-state index is 12.9. The Morgan fingerprint density at radius 1 is 0.941 bits per heavy atom. The van der Waals surface area contributed by atoms with Gasteiger partial charge in [-0.05, 0) is 55.8 Å². The molecule has 5 atom stereocenters. The lowest BCUT2D eigenvalue weighted by atomic mass is 9.73. The van der Waals surface area contributed by atoms with Crippen LogP contribution in [0.5, 0.6) is 0 Å². The molecule has 0 radical (unpaired) electrons. The summed E-state index contributed by atoms with van der Waals surface area (Å²) < 4.78 is 0. The molecule has 3 unspecified atom stereocenters. The SMILES string of the molecule is CC.CC(C)C.CCC.CC[C@H](C)NC(=O)C(=O)CNC(=O)C1[C@H]2CCC2CN1C(=O)CNC(=O)C(NC=O)C(C)(C)C.CCc1cnccn1. The molecular weight excluding hydrogens is 650 g/mol. The average molecular weight is 720 g/mol. The van der Waals surface area contributed by atoms with Gasteiger partial charge in [0, 0.05) is 31.2 Å². The Kier molecular flexibility index (Phi) is 25.9. The van der Waals surface area contributed by atoms with Gasteiger partial charge in [0.25, 0.3) is 5.91 Å². The zero-order valence-electron chi connectivity index (χ0n) is 33.7. The Bertz CT molecular complexity index is 1170. The highest BCUT2D eigenvalue weighted by Crippen LogP contribution is 2.44. The summed E-state index contributed by atoms with van der Waals surface area (Å²) in [4.78, 5) is 82.6. The molecule has 2 aliphatic rings. The van der Waals surface area contributed by atoms with Gasteiger partial charge in [-0.2, -0.15) is 0 Å². The molecule has 1 aliphatic carbocycles. The third kappa shape index (κ3) is 19.3. The Morgan fingerprint density at radius 2 is 1.53 bits per heavy atom. The van der Waals surface area contributed by atoms with E-state index in [1.807, 2.05) is 20.8 Å². The highest BCUT2D eigenvalue weighted by Gasteiger charge is 2.51. The fourth-order valence-corrected chi connectivity index (χ4v) is 4.85. The first-order valence-corrected chi connectivity index (χ1v) is 18.6. The van der Waals surface area contributed by atoms with Gasteiger partial charge in [0.2, 0.25) is 29.9 Å². The molecule has 13 heteroatoms. The van der Waals surface area contributed by atoms with Gasteiger partial charge in [-0.1, -0.05) is 89.5 Å². The van der Waals surface area contributed by atoms with Crippen LogP contribution in [0.25, 0.3) is 0 Å². The number of hydrogen-bond donors (Lipinski definition) is 4. The van der Waals surface area contributed by atoms with Crippen LogP contribution in [-0.4, -0.2) is 88.4 Å². The molecule has 4 N–H and O–H groups in total. The van der Waals surface area contributed by atoms with Crippen molar-refractivity contribution in [1.82, 2.24) is 36.1 Å². The Balaban J connectivity index is 0. The fourth-order valence-electron chi connectivity index (χ4n) is 4.85. The van der Waals surface area contributed by atoms with Crippen molar-refractivity contribution in [1.29, 1.82) is 0 Å². The maximum absolute atomic E-state index is 12.9. The Labute approximate surface area is 307 Å². The third-order valence-corrected chi connectivity index (χ3v) is 7.66. The van der Waals surface area contributed by atoms with E-state index in [4.69, 9.17) is 0 Å². The number of nitrogens with zero attached hydrogens (tertiary/aromatic N) is 3. The molecule has 2 fully saturated rings. The summed E-state index contributed by atoms with van der Waals surface area (Å²) in [6.45, 7) is 25.5. The number of rotatable bonds is 12. The van der Waals surface area contributed by atoms with Crippen LogP contribution in [-0.2, 0) is 35.2 Å². The second-order valence-corrected chi connectivity index (χ2v) is 14.2. The van der Waals surface area contributed by atoms with E-state index in [2.05, 4.69) is 72.8 Å². The van der Waals surface area contributed by atoms with Gasteiger partial charge >= 0.3 is 0 Å². The molecule has 0 bridgehead atoms. The predicted octanol–water partition coefficient (Wildman–Crippen LogP) is 4.24. The summed E-state index contributed by atoms with van der Waals surface area (Å²) in [7, 11) is 0. The lowest BCUT2D eigenvalue weighted by Crippen LogP contribution is -2.55. The van der Waals surface area contributed by atoms with Gasteiger partial charge in [0.1, 0.15) is 12.1 Å². The Morgan fingerprint density at radius 3 is 1.94 bits per heavy atom. The van der Waals surface area contributed by atoms with Crippen LogP contribution >= 0.6 is 0 Å². The molecule has 3 rings (SSSR count). The third-order valence-electron chi connectivity index (χ3n) is 7.66. The standard InChI is InChI=1S/C23H37N5O6.C6H8N2.C4H10.C3H8.C2H6/c1-6-13(2)27-20(32)16(30)9-24-21(33)18-15-8-7-14(15)11-28(18)17(31)10-25-22(34)19(26-12-29)23(3,4)5;1-2-6-5-7-3-4-8-6;1-4(2)3;1-3-2;1-2/h12-15,18-19H,6-11H2,1-5H3,(H,24,33)(H,25,34)(H,26,29)(H,27,32);3-5H,2H2,1H3;4H,1-3H3;3H2,1-2H3;1-2H3/t13-,14?,15-,18?,19?;;;;/m0..../s1. The highest BCUT2D eigenvalue weighted by atomic mass is 16.2. The minimum Gasteiger partial charge on any atom is -0.347 e. The summed E-state index contributed by atoms with van der Waals surface area (Å²) in [5.74, 6) is -1.88. The summed E-state index contributed by atoms with van der Waals surface area (Å²) in [6.07, 6.45) is 10.2. The molecule has 1 saturated carbocycles. The summed E-state index contributed by atoms with van der Waals surface area (Å²) in [5.41, 5.74) is 0.490. The number of aromatic nitrogens is 2. The number of carbonyl (C=O) groups is 6. The topological polar surface area (TPSA) is 180 Å². The van der Waals surface area contributed by atoms with Crippen LogP contribution in [0.4, 0.5) is 0 Å². The number of Topliss-reactive ketones (excluding diaryl/α,β-unsaturated/α-hetero) is 1. The van der Waals surface area contributed by atoms with E-state index >= 15 is 0 Å². The van der Waals surface area contributed by atoms with Crippen LogP contribution in [0.3, 0.4) is 0 Å². The van der Waals surface area contributed by atoms with Crippen molar-refractivity contribution in [2.75, 3.05) is 19.6 Å². The van der Waals surface area contributed by atoms with Crippen molar-refractivity contribution >= 4 is 35.8 Å². The lowest BCUT2D eigenvalue weighted by molar-refractivity contribution is -0.141. The second-order valence-electron chi connectivity index (χ2n) is 14.2. The first kappa shape index (κ1) is 49.2. The molecule has 0 aromatic carbocycles. The molecule has 292 valence electrons. The molecule has 1 aromatic heterocycles. The van der Waals surface area contributed by atoms with Gasteiger partial charge in [-0.3, -0.25) is 38.7 Å². The molecule has 1 aliphatic heterocycles. The number of aryl methyl sites for hydroxylation is 1. The largest absolute Gasteiger partial charge is 0.347 e. The van der Waals surface area contributed by atoms with Crippen molar-refractivity contribution < 1.29 is 28.8 Å². The first-order valence-electron chi connectivity index (χ1n) is 18.6. The fraction of sp³-hybridized carbons (Fsp3) is 0.737.